The van der Waals surface area contributed by atoms with Crippen molar-refractivity contribution in [2.75, 3.05) is 0 Å². The molecular weight excluding hydrogens is 705 g/mol. The van der Waals surface area contributed by atoms with Gasteiger partial charge in [0.1, 0.15) is 17.5 Å². The van der Waals surface area contributed by atoms with E-state index >= 15 is 22.0 Å². The van der Waals surface area contributed by atoms with Crippen molar-refractivity contribution in [2.24, 2.45) is 0 Å². The molecule has 1 radical (unpaired) electrons. The van der Waals surface area contributed by atoms with E-state index in [-0.39, 0.29) is 5.54 Å². The largest absolute Gasteiger partial charge is 0.539 e. The average Bonchev–Trinajstić information content (AvgIpc) is 3.05. The molecule has 3 rings (SSSR count). The highest BCUT2D eigenvalue weighted by molar-refractivity contribution is 6.83. The zero-order valence-corrected chi connectivity index (χ0v) is 33.9. The fraction of sp³-hybridized carbons (Fsp3) is 0.650. The molecule has 51 heavy (non-hydrogen) atoms. The molecular formula is C40H57F8OSi2. The lowest BCUT2D eigenvalue weighted by atomic mass is 9.99. The first-order valence-corrected chi connectivity index (χ1v) is 23.8. The number of halogens is 8. The molecule has 0 saturated heterocycles. The van der Waals surface area contributed by atoms with E-state index in [1.54, 1.807) is 0 Å². The van der Waals surface area contributed by atoms with Crippen LogP contribution in [0.1, 0.15) is 127 Å². The average molecular weight is 762 g/mol. The molecule has 1 atom stereocenters. The quantitative estimate of drug-likeness (QED) is 0.0366. The van der Waals surface area contributed by atoms with Gasteiger partial charge < -0.3 is 4.43 Å². The highest BCUT2D eigenvalue weighted by atomic mass is 28.4. The Morgan fingerprint density at radius 2 is 0.882 bits per heavy atom. The van der Waals surface area contributed by atoms with Crippen LogP contribution in [0.5, 0.6) is 5.75 Å². The van der Waals surface area contributed by atoms with E-state index in [2.05, 4.69) is 48.5 Å². The van der Waals surface area contributed by atoms with Crippen LogP contribution < -0.4 is 4.43 Å². The summed E-state index contributed by atoms with van der Waals surface area (Å²) in [6, 6.07) is 3.58. The van der Waals surface area contributed by atoms with Gasteiger partial charge in [0.2, 0.25) is 5.82 Å². The zero-order chi connectivity index (χ0) is 38.4. The van der Waals surface area contributed by atoms with Gasteiger partial charge in [0.15, 0.2) is 29.0 Å². The molecule has 11 heteroatoms. The van der Waals surface area contributed by atoms with Gasteiger partial charge in [0.05, 0.1) is 35.7 Å². The predicted molar refractivity (Wildman–Crippen MR) is 199 cm³/mol. The molecule has 0 amide bonds. The van der Waals surface area contributed by atoms with Gasteiger partial charge in [-0.2, -0.15) is 4.39 Å². The minimum absolute atomic E-state index is 0.188. The third-order valence-corrected chi connectivity index (χ3v) is 24.5. The molecule has 0 bridgehead atoms. The van der Waals surface area contributed by atoms with E-state index in [9.17, 15) is 13.2 Å². The molecule has 0 saturated carbocycles. The predicted octanol–water partition coefficient (Wildman–Crippen LogP) is 15.2. The van der Waals surface area contributed by atoms with Crippen LogP contribution >= 0.6 is 0 Å². The van der Waals surface area contributed by atoms with Crippen molar-refractivity contribution in [1.82, 2.24) is 0 Å². The third-order valence-electron chi connectivity index (χ3n) is 11.8. The molecule has 1 nitrogen and oxygen atoms in total. The topological polar surface area (TPSA) is 9.23 Å². The minimum Gasteiger partial charge on any atom is -0.539 e. The molecule has 0 aliphatic heterocycles. The molecule has 3 aromatic carbocycles. The summed E-state index contributed by atoms with van der Waals surface area (Å²) in [7, 11) is -4.60. The van der Waals surface area contributed by atoms with E-state index in [0.717, 1.165) is 61.6 Å². The van der Waals surface area contributed by atoms with Crippen molar-refractivity contribution in [3.8, 4) is 5.75 Å². The van der Waals surface area contributed by atoms with Crippen molar-refractivity contribution in [2.45, 2.75) is 167 Å². The Labute approximate surface area is 302 Å². The van der Waals surface area contributed by atoms with Crippen molar-refractivity contribution in [1.29, 1.82) is 0 Å². The van der Waals surface area contributed by atoms with Crippen molar-refractivity contribution in [3.05, 3.63) is 52.6 Å². The maximum absolute atomic E-state index is 16.2. The van der Waals surface area contributed by atoms with Crippen molar-refractivity contribution >= 4 is 37.9 Å². The van der Waals surface area contributed by atoms with Gasteiger partial charge in [-0.3, -0.25) is 0 Å². The Hall–Kier alpha value is -2.15. The second-order valence-electron chi connectivity index (χ2n) is 15.8. The van der Waals surface area contributed by atoms with Gasteiger partial charge in [-0.1, -0.05) is 149 Å². The summed E-state index contributed by atoms with van der Waals surface area (Å²) < 4.78 is 128. The first-order chi connectivity index (χ1) is 23.9. The fourth-order valence-electron chi connectivity index (χ4n) is 8.75. The van der Waals surface area contributed by atoms with E-state index in [1.807, 2.05) is 13.8 Å². The summed E-state index contributed by atoms with van der Waals surface area (Å²) in [5.74, 6) is -16.6. The number of fused-ring (bicyclic) bond motifs is 2. The highest BCUT2D eigenvalue weighted by Crippen LogP contribution is 2.46. The lowest BCUT2D eigenvalue weighted by Crippen LogP contribution is -2.45. The number of unbranched alkanes of at least 4 members (excludes halogenated alkanes) is 8. The summed E-state index contributed by atoms with van der Waals surface area (Å²) in [4.78, 5) is 0. The van der Waals surface area contributed by atoms with Crippen molar-refractivity contribution < 1.29 is 39.5 Å². The van der Waals surface area contributed by atoms with Gasteiger partial charge in [-0.25, -0.2) is 30.7 Å². The molecule has 0 spiro atoms. The van der Waals surface area contributed by atoms with Crippen LogP contribution in [0.4, 0.5) is 35.1 Å². The first kappa shape index (κ1) is 43.3. The van der Waals surface area contributed by atoms with Gasteiger partial charge in [-0.05, 0) is 17.6 Å². The lowest BCUT2D eigenvalue weighted by molar-refractivity contribution is 0.406. The lowest BCUT2D eigenvalue weighted by Gasteiger charge is -2.43. The number of hydrogen-bond acceptors (Lipinski definition) is 1. The summed E-state index contributed by atoms with van der Waals surface area (Å²) in [6.07, 6.45) is 9.44. The molecule has 0 N–H and O–H groups in total. The summed E-state index contributed by atoms with van der Waals surface area (Å²) >= 11 is 0. The number of hydrogen-bond donors (Lipinski definition) is 0. The van der Waals surface area contributed by atoms with E-state index < -0.39 is 90.2 Å². The number of benzene rings is 3. The van der Waals surface area contributed by atoms with Gasteiger partial charge in [0, 0.05) is 0 Å². The zero-order valence-electron chi connectivity index (χ0n) is 31.9. The van der Waals surface area contributed by atoms with Crippen molar-refractivity contribution in [3.63, 3.8) is 0 Å². The first-order valence-electron chi connectivity index (χ1n) is 19.0. The maximum Gasteiger partial charge on any atom is 0.254 e. The van der Waals surface area contributed by atoms with Gasteiger partial charge in [0.25, 0.3) is 8.32 Å². The molecule has 1 unspecified atom stereocenters. The Morgan fingerprint density at radius 3 is 1.37 bits per heavy atom. The van der Waals surface area contributed by atoms with Gasteiger partial charge >= 0.3 is 0 Å². The van der Waals surface area contributed by atoms with Crippen LogP contribution in [0.3, 0.4) is 0 Å². The Balaban J connectivity index is 1.91. The summed E-state index contributed by atoms with van der Waals surface area (Å²) in [5.41, 5.74) is 1.97. The summed E-state index contributed by atoms with van der Waals surface area (Å²) in [6.45, 7) is 20.1. The standard InChI is InChI=1S/C40H57F8OSi2/c1-10-11-12-17-20-50(24(2)3,21-18-15-13-14-16-19-22-51(25(4)5,26(6)7)27(8)9)49-40-38(47)33-32(37(46)39(40)48)35(44)30-28(41)23-29(42)34(43)31(30)36(33)45/h24-27H,10-22H2,1-9H3. The normalized spacial score (nSPS) is 13.9. The summed E-state index contributed by atoms with van der Waals surface area (Å²) in [5, 5.41) is -6.05. The molecule has 287 valence electrons. The SMILES string of the molecule is CCCCCC[Si](CCCCCCCC[Si](C(C)C)(C(C)C)C(C)C)(Oc1c(F)c(F)c2c(F)c3c(F)[c]c(F)c(F)c3c(F)c2c1F)C(C)C. The van der Waals surface area contributed by atoms with Crippen LogP contribution in [0.25, 0.3) is 21.5 Å². The van der Waals surface area contributed by atoms with E-state index in [4.69, 9.17) is 4.43 Å². The second-order valence-corrected chi connectivity index (χ2v) is 26.5. The van der Waals surface area contributed by atoms with Crippen LogP contribution in [-0.2, 0) is 0 Å². The Bertz CT molecular complexity index is 1620. The fourth-order valence-corrected chi connectivity index (χ4v) is 19.5. The Morgan fingerprint density at radius 1 is 0.451 bits per heavy atom. The molecule has 0 fully saturated rings. The highest BCUT2D eigenvalue weighted by Gasteiger charge is 2.43. The van der Waals surface area contributed by atoms with Crippen LogP contribution in [-0.4, -0.2) is 16.4 Å². The minimum atomic E-state index is -3.14. The Kier molecular flexibility index (Phi) is 15.5. The molecule has 0 aliphatic rings. The molecule has 0 heterocycles. The van der Waals surface area contributed by atoms with E-state index in [0.29, 0.717) is 24.9 Å². The van der Waals surface area contributed by atoms with Crippen LogP contribution in [0.15, 0.2) is 0 Å². The molecule has 0 aromatic heterocycles. The monoisotopic (exact) mass is 761 g/mol. The number of rotatable bonds is 20. The maximum atomic E-state index is 16.2. The molecule has 3 aromatic rings. The van der Waals surface area contributed by atoms with Gasteiger partial charge in [-0.15, -0.1) is 0 Å². The van der Waals surface area contributed by atoms with E-state index in [1.165, 1.54) is 18.5 Å². The van der Waals surface area contributed by atoms with Crippen LogP contribution in [0, 0.1) is 52.6 Å². The third kappa shape index (κ3) is 8.81. The second kappa shape index (κ2) is 18.3. The molecule has 0 aliphatic carbocycles. The van der Waals surface area contributed by atoms with Crippen LogP contribution in [0.2, 0.25) is 40.3 Å². The smallest absolute Gasteiger partial charge is 0.254 e.